The van der Waals surface area contributed by atoms with Crippen LogP contribution < -0.4 is 11.2 Å². The van der Waals surface area contributed by atoms with Crippen molar-refractivity contribution < 1.29 is 61.9 Å². The summed E-state index contributed by atoms with van der Waals surface area (Å²) in [7, 11) is -10.8. The summed E-state index contributed by atoms with van der Waals surface area (Å²) in [6, 6.07) is 0. The molecule has 0 spiro atoms. The van der Waals surface area contributed by atoms with Crippen LogP contribution in [0.3, 0.4) is 0 Å². The summed E-state index contributed by atoms with van der Waals surface area (Å²) >= 11 is 0. The van der Waals surface area contributed by atoms with E-state index in [4.69, 9.17) is 28.5 Å². The van der Waals surface area contributed by atoms with E-state index in [-0.39, 0.29) is 12.0 Å². The number of carbonyl (C=O) groups is 1. The van der Waals surface area contributed by atoms with E-state index in [0.29, 0.717) is 0 Å². The number of aromatic amines is 1. The van der Waals surface area contributed by atoms with Crippen LogP contribution >= 0.6 is 15.6 Å². The van der Waals surface area contributed by atoms with Gasteiger partial charge in [0.25, 0.3) is 5.56 Å². The maximum Gasteiger partial charge on any atom is 0.481 e. The third kappa shape index (κ3) is 6.80. The van der Waals surface area contributed by atoms with Gasteiger partial charge in [-0.25, -0.2) is 13.9 Å². The number of phosphoric ester groups is 1. The smallest absolute Gasteiger partial charge is 0.385 e. The zero-order chi connectivity index (χ0) is 26.3. The van der Waals surface area contributed by atoms with Crippen LogP contribution in [0.2, 0.25) is 0 Å². The summed E-state index contributed by atoms with van der Waals surface area (Å²) in [6.45, 7) is 2.15. The molecular formula is C16H24N2O15P2. The van der Waals surface area contributed by atoms with E-state index in [1.165, 1.54) is 13.8 Å². The van der Waals surface area contributed by atoms with Crippen LogP contribution in [-0.2, 0) is 37.0 Å². The van der Waals surface area contributed by atoms with E-state index in [1.807, 2.05) is 0 Å². The molecule has 1 unspecified atom stereocenters. The first kappa shape index (κ1) is 28.0. The highest BCUT2D eigenvalue weighted by atomic mass is 31.3. The molecule has 1 aromatic rings. The van der Waals surface area contributed by atoms with Crippen LogP contribution in [0.25, 0.3) is 0 Å². The van der Waals surface area contributed by atoms with Gasteiger partial charge in [0.2, 0.25) is 0 Å². The van der Waals surface area contributed by atoms with Gasteiger partial charge >= 0.3 is 21.3 Å². The molecule has 19 heteroatoms. The molecule has 1 aromatic heterocycles. The molecule has 2 fully saturated rings. The Balaban J connectivity index is 1.81. The Morgan fingerprint density at radius 1 is 1.17 bits per heavy atom. The van der Waals surface area contributed by atoms with Crippen molar-refractivity contribution in [3.63, 3.8) is 0 Å². The Kier molecular flexibility index (Phi) is 8.33. The molecule has 35 heavy (non-hydrogen) atoms. The SMILES string of the molecule is Cc1cn([C@H]2C[C@H](OP(=O)(O)OP(=O)(O)O)[C@@H](CO[C@H]3O[C@H](C)C(=O)[C@H](O)[C@H]3O)O2)c(=O)[nH]c1=O. The molecule has 0 amide bonds. The molecule has 198 valence electrons. The Labute approximate surface area is 196 Å². The zero-order valence-electron chi connectivity index (χ0n) is 18.2. The molecular weight excluding hydrogens is 522 g/mol. The van der Waals surface area contributed by atoms with Gasteiger partial charge in [0.1, 0.15) is 36.7 Å². The first-order valence-corrected chi connectivity index (χ1v) is 13.0. The van der Waals surface area contributed by atoms with Gasteiger partial charge < -0.3 is 39.1 Å². The number of nitrogens with one attached hydrogen (secondary N) is 1. The van der Waals surface area contributed by atoms with Crippen molar-refractivity contribution in [1.29, 1.82) is 0 Å². The number of hydrogen-bond acceptors (Lipinski definition) is 12. The Bertz CT molecular complexity index is 1160. The number of phosphoric acid groups is 2. The normalized spacial score (nSPS) is 33.6. The van der Waals surface area contributed by atoms with Crippen molar-refractivity contribution in [3.05, 3.63) is 32.6 Å². The number of carbonyl (C=O) groups excluding carboxylic acids is 1. The van der Waals surface area contributed by atoms with Crippen LogP contribution in [0.15, 0.2) is 15.8 Å². The standard InChI is InChI=1S/C16H24N2O15P2/c1-6-4-18(16(23)17-14(6)22)10-3-8(32-35(27,28)33-34(24,25)26)9(31-10)5-29-15-13(21)12(20)11(19)7(2)30-15/h4,7-10,12-13,15,20-21H,3,5H2,1-2H3,(H,27,28)(H,17,22,23)(H2,24,25,26)/t7-,8+,9-,10-,12+,13-,15+/m1/s1. The van der Waals surface area contributed by atoms with Crippen molar-refractivity contribution in [1.82, 2.24) is 9.55 Å². The molecule has 0 saturated carbocycles. The zero-order valence-corrected chi connectivity index (χ0v) is 20.0. The number of aliphatic hydroxyl groups excluding tert-OH is 2. The number of aliphatic hydroxyl groups is 2. The second-order valence-corrected chi connectivity index (χ2v) is 10.6. The first-order chi connectivity index (χ1) is 16.1. The Morgan fingerprint density at radius 2 is 1.83 bits per heavy atom. The average molecular weight is 546 g/mol. The second kappa shape index (κ2) is 10.4. The molecule has 2 saturated heterocycles. The molecule has 2 aliphatic heterocycles. The predicted octanol–water partition coefficient (Wildman–Crippen LogP) is -2.22. The summed E-state index contributed by atoms with van der Waals surface area (Å²) in [4.78, 5) is 65.1. The molecule has 0 aliphatic carbocycles. The number of H-pyrrole nitrogens is 1. The number of aryl methyl sites for hydroxylation is 1. The lowest BCUT2D eigenvalue weighted by Gasteiger charge is -2.35. The highest BCUT2D eigenvalue weighted by molar-refractivity contribution is 7.60. The quantitative estimate of drug-likeness (QED) is 0.189. The van der Waals surface area contributed by atoms with Crippen molar-refractivity contribution in [2.45, 2.75) is 63.3 Å². The van der Waals surface area contributed by atoms with Gasteiger partial charge in [-0.15, -0.1) is 0 Å². The topological polar surface area (TPSA) is 253 Å². The molecule has 2 aliphatic rings. The summed E-state index contributed by atoms with van der Waals surface area (Å²) < 4.78 is 48.9. The molecule has 3 rings (SSSR count). The second-order valence-electron chi connectivity index (χ2n) is 7.85. The van der Waals surface area contributed by atoms with Crippen LogP contribution in [0, 0.1) is 6.92 Å². The fraction of sp³-hybridized carbons (Fsp3) is 0.688. The molecule has 0 aromatic carbocycles. The monoisotopic (exact) mass is 546 g/mol. The minimum Gasteiger partial charge on any atom is -0.385 e. The number of ether oxygens (including phenoxy) is 3. The van der Waals surface area contributed by atoms with Crippen molar-refractivity contribution in [3.8, 4) is 0 Å². The van der Waals surface area contributed by atoms with E-state index in [2.05, 4.69) is 9.29 Å². The fourth-order valence-corrected chi connectivity index (χ4v) is 5.28. The molecule has 3 heterocycles. The van der Waals surface area contributed by atoms with E-state index < -0.39 is 82.3 Å². The van der Waals surface area contributed by atoms with Crippen molar-refractivity contribution in [2.24, 2.45) is 0 Å². The van der Waals surface area contributed by atoms with Gasteiger partial charge in [-0.2, -0.15) is 4.31 Å². The largest absolute Gasteiger partial charge is 0.481 e. The van der Waals surface area contributed by atoms with Crippen LogP contribution in [-0.4, -0.2) is 83.6 Å². The van der Waals surface area contributed by atoms with Gasteiger partial charge in [0.15, 0.2) is 12.1 Å². The lowest BCUT2D eigenvalue weighted by molar-refractivity contribution is -0.259. The van der Waals surface area contributed by atoms with Crippen LogP contribution in [0.1, 0.15) is 25.1 Å². The summed E-state index contributed by atoms with van der Waals surface area (Å²) in [5, 5.41) is 19.9. The average Bonchev–Trinajstić information content (AvgIpc) is 3.10. The van der Waals surface area contributed by atoms with E-state index in [9.17, 15) is 38.6 Å². The van der Waals surface area contributed by atoms with Crippen LogP contribution in [0.4, 0.5) is 0 Å². The summed E-state index contributed by atoms with van der Waals surface area (Å²) in [5.74, 6) is -0.778. The number of hydrogen-bond donors (Lipinski definition) is 6. The molecule has 8 atom stereocenters. The third-order valence-corrected chi connectivity index (χ3v) is 7.39. The number of aromatic nitrogens is 2. The predicted molar refractivity (Wildman–Crippen MR) is 110 cm³/mol. The van der Waals surface area contributed by atoms with E-state index >= 15 is 0 Å². The lowest BCUT2D eigenvalue weighted by atomic mass is 10.0. The van der Waals surface area contributed by atoms with Gasteiger partial charge in [-0.3, -0.25) is 23.7 Å². The lowest BCUT2D eigenvalue weighted by Crippen LogP contribution is -2.55. The minimum atomic E-state index is -5.44. The minimum absolute atomic E-state index is 0.134. The van der Waals surface area contributed by atoms with E-state index in [1.54, 1.807) is 0 Å². The van der Waals surface area contributed by atoms with Gasteiger partial charge in [-0.1, -0.05) is 0 Å². The highest BCUT2D eigenvalue weighted by Crippen LogP contribution is 2.59. The maximum atomic E-state index is 12.2. The van der Waals surface area contributed by atoms with Crippen LogP contribution in [0.5, 0.6) is 0 Å². The molecule has 6 N–H and O–H groups in total. The van der Waals surface area contributed by atoms with Gasteiger partial charge in [0.05, 0.1) is 6.61 Å². The third-order valence-electron chi connectivity index (χ3n) is 5.17. The summed E-state index contributed by atoms with van der Waals surface area (Å²) in [5.41, 5.74) is -1.40. The fourth-order valence-electron chi connectivity index (χ4n) is 3.49. The van der Waals surface area contributed by atoms with Crippen molar-refractivity contribution in [2.75, 3.05) is 6.61 Å². The maximum absolute atomic E-state index is 12.2. The van der Waals surface area contributed by atoms with Gasteiger partial charge in [0, 0.05) is 18.2 Å². The van der Waals surface area contributed by atoms with E-state index in [0.717, 1.165) is 10.8 Å². The Morgan fingerprint density at radius 3 is 2.46 bits per heavy atom. The molecule has 0 bridgehead atoms. The molecule has 17 nitrogen and oxygen atoms in total. The number of ketones is 1. The first-order valence-electron chi connectivity index (χ1n) is 10.0. The Hall–Kier alpha value is -1.59. The van der Waals surface area contributed by atoms with Gasteiger partial charge in [-0.05, 0) is 13.8 Å². The molecule has 0 radical (unpaired) electrons. The number of nitrogens with zero attached hydrogens (tertiary/aromatic N) is 1. The summed E-state index contributed by atoms with van der Waals surface area (Å²) in [6.07, 6.45) is -9.39. The number of rotatable bonds is 8. The van der Waals surface area contributed by atoms with Crippen molar-refractivity contribution >= 4 is 21.4 Å². The highest BCUT2D eigenvalue weighted by Gasteiger charge is 2.46. The number of Topliss-reactive ketones (excluding diaryl/α,β-unsaturated/α-hetero) is 1.